The van der Waals surface area contributed by atoms with Crippen LogP contribution in [-0.4, -0.2) is 44.6 Å². The monoisotopic (exact) mass is 347 g/mol. The number of aliphatic carboxylic acids is 1. The van der Waals surface area contributed by atoms with Gasteiger partial charge in [0.2, 0.25) is 0 Å². The van der Waals surface area contributed by atoms with Crippen molar-refractivity contribution in [2.75, 3.05) is 0 Å². The van der Waals surface area contributed by atoms with Crippen LogP contribution in [-0.2, 0) is 14.3 Å². The largest absolute Gasteiger partial charge is 1.00 e. The lowest BCUT2D eigenvalue weighted by Crippen LogP contribution is -2.50. The number of hydrogen-bond donors (Lipinski definition) is 3. The first-order valence-corrected chi connectivity index (χ1v) is 8.86. The average Bonchev–Trinajstić information content (AvgIpc) is 2.95. The lowest BCUT2D eigenvalue weighted by molar-refractivity contribution is -0.163. The summed E-state index contributed by atoms with van der Waals surface area (Å²) in [5.41, 5.74) is -3.29. The van der Waals surface area contributed by atoms with Gasteiger partial charge in [-0.15, -0.1) is 0 Å². The van der Waals surface area contributed by atoms with E-state index in [1.807, 2.05) is 0 Å². The van der Waals surface area contributed by atoms with E-state index in [9.17, 15) is 24.9 Å². The third-order valence-electron chi connectivity index (χ3n) is 8.12. The molecule has 6 heteroatoms. The number of carbonyl (C=O) groups excluding carboxylic acids is 1. The fourth-order valence-corrected chi connectivity index (χ4v) is 7.13. The van der Waals surface area contributed by atoms with E-state index in [-0.39, 0.29) is 7.34 Å². The summed E-state index contributed by atoms with van der Waals surface area (Å²) in [6.07, 6.45) is 4.11. The minimum absolute atomic E-state index is 0. The Morgan fingerprint density at radius 3 is 2.88 bits per heavy atom. The molecular formula is C19H23O6+. The van der Waals surface area contributed by atoms with Crippen molar-refractivity contribution >= 4 is 11.9 Å². The molecule has 4 aliphatic carbocycles. The number of ether oxygens (including phenoxy) is 1. The maximum atomic E-state index is 12.7. The van der Waals surface area contributed by atoms with Gasteiger partial charge in [-0.25, -0.2) is 0 Å². The molecule has 4 fully saturated rings. The van der Waals surface area contributed by atoms with Crippen molar-refractivity contribution in [3.05, 3.63) is 24.3 Å². The predicted octanol–water partition coefficient (Wildman–Crippen LogP) is 1.14. The van der Waals surface area contributed by atoms with Gasteiger partial charge in [-0.3, -0.25) is 9.59 Å². The third kappa shape index (κ3) is 1.36. The third-order valence-corrected chi connectivity index (χ3v) is 8.12. The minimum atomic E-state index is -1.27. The van der Waals surface area contributed by atoms with Crippen molar-refractivity contribution in [2.45, 2.75) is 49.9 Å². The first kappa shape index (κ1) is 15.6. The van der Waals surface area contributed by atoms with Gasteiger partial charge in [0.25, 0.3) is 0 Å². The quantitative estimate of drug-likeness (QED) is 0.485. The molecule has 0 amide bonds. The molecule has 3 saturated carbocycles. The molecule has 0 unspecified atom stereocenters. The van der Waals surface area contributed by atoms with Gasteiger partial charge < -0.3 is 20.1 Å². The van der Waals surface area contributed by atoms with Crippen molar-refractivity contribution in [3.63, 3.8) is 0 Å². The molecule has 4 bridgehead atoms. The lowest BCUT2D eigenvalue weighted by atomic mass is 9.61. The zero-order valence-electron chi connectivity index (χ0n) is 15.1. The molecule has 0 aromatic heterocycles. The summed E-state index contributed by atoms with van der Waals surface area (Å²) in [6, 6.07) is 0. The van der Waals surface area contributed by atoms with Crippen LogP contribution in [0, 0.1) is 28.6 Å². The highest BCUT2D eigenvalue weighted by molar-refractivity contribution is 5.86. The van der Waals surface area contributed by atoms with E-state index in [1.165, 1.54) is 0 Å². The Morgan fingerprint density at radius 1 is 1.48 bits per heavy atom. The van der Waals surface area contributed by atoms with Crippen molar-refractivity contribution in [1.29, 1.82) is 0 Å². The van der Waals surface area contributed by atoms with Gasteiger partial charge in [0.1, 0.15) is 11.0 Å². The average molecular weight is 347 g/mol. The lowest BCUT2D eigenvalue weighted by Gasteiger charge is -2.44. The van der Waals surface area contributed by atoms with E-state index in [0.717, 1.165) is 0 Å². The van der Waals surface area contributed by atoms with E-state index < -0.39 is 51.9 Å². The van der Waals surface area contributed by atoms with Crippen molar-refractivity contribution < 1.29 is 31.1 Å². The molecule has 134 valence electrons. The Kier molecular flexibility index (Phi) is 2.50. The molecule has 0 radical (unpaired) electrons. The van der Waals surface area contributed by atoms with Crippen LogP contribution in [0.1, 0.15) is 34.0 Å². The first-order chi connectivity index (χ1) is 11.6. The topological polar surface area (TPSA) is 104 Å². The number of carboxylic acids is 1. The molecule has 0 aromatic rings. The van der Waals surface area contributed by atoms with Crippen LogP contribution in [0.5, 0.6) is 0 Å². The van der Waals surface area contributed by atoms with Crippen molar-refractivity contribution in [1.82, 2.24) is 0 Å². The number of fused-ring (bicyclic) bond motifs is 1. The highest BCUT2D eigenvalue weighted by Crippen LogP contribution is 2.77. The predicted molar refractivity (Wildman–Crippen MR) is 86.3 cm³/mol. The molecule has 25 heavy (non-hydrogen) atoms. The number of aliphatic hydroxyl groups is 2. The van der Waals surface area contributed by atoms with E-state index in [2.05, 4.69) is 6.58 Å². The number of aliphatic hydroxyl groups excluding tert-OH is 1. The minimum Gasteiger partial charge on any atom is -0.481 e. The van der Waals surface area contributed by atoms with E-state index in [0.29, 0.717) is 31.3 Å². The second kappa shape index (κ2) is 4.01. The summed E-state index contributed by atoms with van der Waals surface area (Å²) >= 11 is 0. The molecule has 0 aromatic carbocycles. The van der Waals surface area contributed by atoms with Gasteiger partial charge in [0.15, 0.2) is 0 Å². The Labute approximate surface area is 146 Å². The maximum absolute atomic E-state index is 12.7. The molecule has 3 N–H and O–H groups in total. The number of carboxylic acid groups (broad SMARTS) is 1. The van der Waals surface area contributed by atoms with Crippen LogP contribution in [0.3, 0.4) is 0 Å². The smallest absolute Gasteiger partial charge is 0.481 e. The zero-order chi connectivity index (χ0) is 18.0. The Bertz CT molecular complexity index is 778. The van der Waals surface area contributed by atoms with Crippen LogP contribution in [0.2, 0.25) is 0 Å². The van der Waals surface area contributed by atoms with Crippen molar-refractivity contribution in [3.8, 4) is 0 Å². The van der Waals surface area contributed by atoms with Gasteiger partial charge >= 0.3 is 13.4 Å². The molecule has 1 aliphatic heterocycles. The fourth-order valence-electron chi connectivity index (χ4n) is 7.13. The number of hydrogen-bond acceptors (Lipinski definition) is 5. The molecular weight excluding hydrogens is 324 g/mol. The highest BCUT2D eigenvalue weighted by Gasteiger charge is 2.83. The highest BCUT2D eigenvalue weighted by atomic mass is 16.6. The number of carbonyl (C=O) groups is 2. The zero-order valence-corrected chi connectivity index (χ0v) is 14.1. The van der Waals surface area contributed by atoms with Gasteiger partial charge in [0.05, 0.1) is 17.6 Å². The summed E-state index contributed by atoms with van der Waals surface area (Å²) in [6.45, 7) is 5.64. The maximum Gasteiger partial charge on any atom is 1.00 e. The van der Waals surface area contributed by atoms with Crippen LogP contribution in [0.4, 0.5) is 0 Å². The fraction of sp³-hybridized carbons (Fsp3) is 0.684. The molecule has 5 rings (SSSR count). The van der Waals surface area contributed by atoms with Gasteiger partial charge in [-0.05, 0) is 49.7 Å². The summed E-state index contributed by atoms with van der Waals surface area (Å²) in [7, 11) is 0. The second-order valence-electron chi connectivity index (χ2n) is 8.94. The Morgan fingerprint density at radius 2 is 2.20 bits per heavy atom. The summed E-state index contributed by atoms with van der Waals surface area (Å²) in [5, 5.41) is 31.6. The number of rotatable bonds is 1. The molecule has 1 saturated heterocycles. The SMILES string of the molecule is C=C1C[C@]23C[C@@]1(O)CC[C@H]2[C@@]12C=C[C@H](O)[C@@](C)(C(=O)O1)[C@H]2[C@@H]3C(=O)O.[H+]. The summed E-state index contributed by atoms with van der Waals surface area (Å²) in [4.78, 5) is 25.1. The van der Waals surface area contributed by atoms with Crippen LogP contribution in [0.25, 0.3) is 0 Å². The molecule has 1 heterocycles. The standard InChI is InChI=1S/C19H22O6/c1-9-7-17-8-18(9,24)5-3-10(17)19-6-4-11(20)16(2,15(23)25-19)13(19)12(17)14(21)22/h4,6,10-13,20,24H,1,3,5,7-8H2,2H3,(H,21,22)/p+1/t10-,11+,12-,13-,16-,17+,18+,19-/m1/s1. The van der Waals surface area contributed by atoms with Crippen LogP contribution in [0.15, 0.2) is 24.3 Å². The van der Waals surface area contributed by atoms with Crippen molar-refractivity contribution in [2.24, 2.45) is 28.6 Å². The van der Waals surface area contributed by atoms with Gasteiger partial charge in [-0.1, -0.05) is 12.7 Å². The number of esters is 1. The molecule has 8 atom stereocenters. The Hall–Kier alpha value is -1.66. The molecule has 1 spiro atoms. The van der Waals surface area contributed by atoms with E-state index in [1.54, 1.807) is 19.1 Å². The Balaban J connectivity index is 0.00000168. The molecule has 6 nitrogen and oxygen atoms in total. The van der Waals surface area contributed by atoms with E-state index in [4.69, 9.17) is 4.74 Å². The van der Waals surface area contributed by atoms with Crippen LogP contribution < -0.4 is 0 Å². The summed E-state index contributed by atoms with van der Waals surface area (Å²) in [5.74, 6) is -3.18. The molecule has 5 aliphatic rings. The second-order valence-corrected chi connectivity index (χ2v) is 8.94. The van der Waals surface area contributed by atoms with Gasteiger partial charge in [-0.2, -0.15) is 0 Å². The normalized spacial score (nSPS) is 58.0. The van der Waals surface area contributed by atoms with Gasteiger partial charge in [0, 0.05) is 11.8 Å². The summed E-state index contributed by atoms with van der Waals surface area (Å²) < 4.78 is 5.87. The van der Waals surface area contributed by atoms with E-state index >= 15 is 0 Å². The van der Waals surface area contributed by atoms with Crippen LogP contribution >= 0.6 is 0 Å². The first-order valence-electron chi connectivity index (χ1n) is 8.86.